The molecule has 2 fully saturated rings. The van der Waals surface area contributed by atoms with E-state index in [0.29, 0.717) is 53.1 Å². The number of para-hydroxylation sites is 1. The van der Waals surface area contributed by atoms with E-state index in [4.69, 9.17) is 32.7 Å². The van der Waals surface area contributed by atoms with E-state index in [1.54, 1.807) is 31.4 Å². The maximum atomic E-state index is 12.9. The number of carbonyl (C=O) groups is 2. The van der Waals surface area contributed by atoms with E-state index in [1.807, 2.05) is 51.1 Å². The minimum Gasteiger partial charge on any atom is -0.494 e. The third kappa shape index (κ3) is 9.89. The Morgan fingerprint density at radius 2 is 1.65 bits per heavy atom. The topological polar surface area (TPSA) is 141 Å². The SMILES string of the molecule is C=C(Cl)C(=O)Nc1cc(Nc2ncc(Cl)c(Nc3ccccc3P(C)(C)=O)n2)c(OC)cc1N1CCC(N2CCN(C(=O)OC(C)(C)C)CC2)CC1. The van der Waals surface area contributed by atoms with Gasteiger partial charge in [0.25, 0.3) is 5.91 Å². The van der Waals surface area contributed by atoms with Gasteiger partial charge in [-0.2, -0.15) is 4.98 Å². The van der Waals surface area contributed by atoms with Gasteiger partial charge < -0.3 is 39.8 Å². The highest BCUT2D eigenvalue weighted by Crippen LogP contribution is 2.41. The number of aromatic nitrogens is 2. The minimum absolute atomic E-state index is 0.152. The van der Waals surface area contributed by atoms with Crippen LogP contribution in [0, 0.1) is 0 Å². The van der Waals surface area contributed by atoms with Crippen LogP contribution >= 0.6 is 30.3 Å². The summed E-state index contributed by atoms with van der Waals surface area (Å²) in [4.78, 5) is 40.8. The smallest absolute Gasteiger partial charge is 0.410 e. The number of hydrogen-bond donors (Lipinski definition) is 3. The van der Waals surface area contributed by atoms with E-state index in [9.17, 15) is 14.2 Å². The molecule has 5 rings (SSSR count). The van der Waals surface area contributed by atoms with Crippen molar-refractivity contribution < 1.29 is 23.6 Å². The van der Waals surface area contributed by atoms with Gasteiger partial charge in [-0.3, -0.25) is 9.69 Å². The zero-order chi connectivity index (χ0) is 37.8. The van der Waals surface area contributed by atoms with Gasteiger partial charge in [-0.15, -0.1) is 0 Å². The van der Waals surface area contributed by atoms with E-state index in [0.717, 1.165) is 44.7 Å². The normalized spacial score (nSPS) is 15.9. The largest absolute Gasteiger partial charge is 0.494 e. The first-order chi connectivity index (χ1) is 24.5. The fourth-order valence-corrected chi connectivity index (χ4v) is 7.61. The summed E-state index contributed by atoms with van der Waals surface area (Å²) < 4.78 is 24.3. The number of rotatable bonds is 10. The second-order valence-electron chi connectivity index (χ2n) is 14.2. The van der Waals surface area contributed by atoms with Crippen LogP contribution in [0.25, 0.3) is 0 Å². The second-order valence-corrected chi connectivity index (χ2v) is 18.2. The monoisotopic (exact) mass is 772 g/mol. The number of amides is 2. The van der Waals surface area contributed by atoms with Crippen molar-refractivity contribution in [3.63, 3.8) is 0 Å². The molecular formula is C36H47Cl2N8O5P. The maximum Gasteiger partial charge on any atom is 0.410 e. The van der Waals surface area contributed by atoms with Gasteiger partial charge >= 0.3 is 6.09 Å². The number of carbonyl (C=O) groups excluding carboxylic acids is 2. The maximum absolute atomic E-state index is 12.9. The fourth-order valence-electron chi connectivity index (χ4n) is 6.27. The average molecular weight is 774 g/mol. The van der Waals surface area contributed by atoms with Crippen LogP contribution in [0.15, 0.2) is 54.2 Å². The highest BCUT2D eigenvalue weighted by atomic mass is 35.5. The van der Waals surface area contributed by atoms with Crippen molar-refractivity contribution in [2.45, 2.75) is 45.3 Å². The summed E-state index contributed by atoms with van der Waals surface area (Å²) in [5.41, 5.74) is 1.86. The summed E-state index contributed by atoms with van der Waals surface area (Å²) >= 11 is 12.5. The van der Waals surface area contributed by atoms with Crippen LogP contribution in [-0.2, 0) is 14.1 Å². The van der Waals surface area contributed by atoms with Crippen molar-refractivity contribution in [3.8, 4) is 5.75 Å². The van der Waals surface area contributed by atoms with Gasteiger partial charge in [0.15, 0.2) is 5.82 Å². The molecular weight excluding hydrogens is 726 g/mol. The van der Waals surface area contributed by atoms with Gasteiger partial charge in [-0.25, -0.2) is 9.78 Å². The molecule has 13 nitrogen and oxygen atoms in total. The quantitative estimate of drug-likeness (QED) is 0.144. The van der Waals surface area contributed by atoms with Crippen molar-refractivity contribution >= 4 is 82.2 Å². The van der Waals surface area contributed by atoms with Gasteiger partial charge in [0.1, 0.15) is 23.5 Å². The summed E-state index contributed by atoms with van der Waals surface area (Å²) in [6, 6.07) is 11.3. The van der Waals surface area contributed by atoms with Crippen molar-refractivity contribution in [1.29, 1.82) is 0 Å². The van der Waals surface area contributed by atoms with Crippen LogP contribution in [0.1, 0.15) is 33.6 Å². The Morgan fingerprint density at radius 1 is 0.981 bits per heavy atom. The van der Waals surface area contributed by atoms with Crippen LogP contribution in [-0.4, -0.2) is 103 Å². The summed E-state index contributed by atoms with van der Waals surface area (Å²) in [5, 5.41) is 10.1. The van der Waals surface area contributed by atoms with Crippen LogP contribution in [0.4, 0.5) is 39.3 Å². The van der Waals surface area contributed by atoms with Crippen LogP contribution < -0.4 is 30.9 Å². The molecule has 0 radical (unpaired) electrons. The minimum atomic E-state index is -2.60. The molecule has 0 spiro atoms. The Bertz CT molecular complexity index is 1850. The predicted molar refractivity (Wildman–Crippen MR) is 210 cm³/mol. The fraction of sp³-hybridized carbons (Fsp3) is 0.444. The lowest BCUT2D eigenvalue weighted by atomic mass is 10.0. The molecule has 0 atom stereocenters. The van der Waals surface area contributed by atoms with Gasteiger partial charge in [0, 0.05) is 56.7 Å². The molecule has 3 aromatic rings. The Balaban J connectivity index is 1.33. The molecule has 3 N–H and O–H groups in total. The van der Waals surface area contributed by atoms with Gasteiger partial charge in [-0.1, -0.05) is 41.9 Å². The van der Waals surface area contributed by atoms with E-state index >= 15 is 0 Å². The average Bonchev–Trinajstić information content (AvgIpc) is 3.09. The molecule has 0 bridgehead atoms. The van der Waals surface area contributed by atoms with E-state index < -0.39 is 18.7 Å². The predicted octanol–water partition coefficient (Wildman–Crippen LogP) is 7.09. The number of hydrogen-bond acceptors (Lipinski definition) is 11. The molecule has 3 heterocycles. The lowest BCUT2D eigenvalue weighted by Gasteiger charge is -2.43. The lowest BCUT2D eigenvalue weighted by Crippen LogP contribution is -2.55. The molecule has 2 aliphatic rings. The highest BCUT2D eigenvalue weighted by Gasteiger charge is 2.32. The molecule has 0 saturated carbocycles. The lowest BCUT2D eigenvalue weighted by molar-refractivity contribution is -0.112. The number of halogens is 2. The van der Waals surface area contributed by atoms with Crippen LogP contribution in [0.2, 0.25) is 5.02 Å². The standard InChI is InChI=1S/C36H47Cl2N8O5P/c1-23(37)33(47)41-27-20-28(42-34-39-22-25(38)32(43-34)40-26-10-8-9-11-31(26)52(6,7)49)30(50-5)21-29(27)45-14-12-24(13-15-45)44-16-18-46(19-17-44)35(48)51-36(2,3)4/h8-11,20-22,24H,1,12-19H2,2-7H3,(H,41,47)(H2,39,40,42,43). The van der Waals surface area contributed by atoms with E-state index in [2.05, 4.69) is 42.3 Å². The van der Waals surface area contributed by atoms with E-state index in [-0.39, 0.29) is 22.1 Å². The zero-order valence-corrected chi connectivity index (χ0v) is 32.9. The first-order valence-corrected chi connectivity index (χ1v) is 20.4. The third-order valence-electron chi connectivity index (χ3n) is 8.83. The Morgan fingerprint density at radius 3 is 2.27 bits per heavy atom. The molecule has 280 valence electrons. The number of anilines is 6. The molecule has 2 aromatic carbocycles. The molecule has 2 amide bonds. The van der Waals surface area contributed by atoms with Crippen molar-refractivity contribution in [3.05, 3.63) is 59.2 Å². The molecule has 2 saturated heterocycles. The van der Waals surface area contributed by atoms with Gasteiger partial charge in [0.05, 0.1) is 41.1 Å². The summed E-state index contributed by atoms with van der Waals surface area (Å²) in [6.07, 6.45) is 2.98. The summed E-state index contributed by atoms with van der Waals surface area (Å²) in [7, 11) is -1.04. The summed E-state index contributed by atoms with van der Waals surface area (Å²) in [5.74, 6) is 0.484. The third-order valence-corrected chi connectivity index (χ3v) is 10.8. The Labute approximate surface area is 315 Å². The number of piperidine rings is 1. The Hall–Kier alpha value is -4.03. The van der Waals surface area contributed by atoms with Crippen molar-refractivity contribution in [1.82, 2.24) is 19.8 Å². The van der Waals surface area contributed by atoms with Crippen LogP contribution in [0.3, 0.4) is 0 Å². The molecule has 52 heavy (non-hydrogen) atoms. The number of ether oxygens (including phenoxy) is 2. The Kier molecular flexibility index (Phi) is 12.3. The second kappa shape index (κ2) is 16.3. The number of methoxy groups -OCH3 is 1. The number of nitrogens with zero attached hydrogens (tertiary/aromatic N) is 5. The number of piperazine rings is 1. The molecule has 0 unspecified atom stereocenters. The highest BCUT2D eigenvalue weighted by molar-refractivity contribution is 7.70. The first kappa shape index (κ1) is 39.2. The first-order valence-electron chi connectivity index (χ1n) is 17.1. The van der Waals surface area contributed by atoms with Crippen molar-refractivity contribution in [2.75, 3.05) is 80.6 Å². The van der Waals surface area contributed by atoms with Crippen molar-refractivity contribution in [2.24, 2.45) is 0 Å². The van der Waals surface area contributed by atoms with E-state index in [1.165, 1.54) is 6.20 Å². The van der Waals surface area contributed by atoms with Gasteiger partial charge in [0.2, 0.25) is 5.95 Å². The van der Waals surface area contributed by atoms with Crippen LogP contribution in [0.5, 0.6) is 5.75 Å². The van der Waals surface area contributed by atoms with Gasteiger partial charge in [-0.05, 0) is 65.1 Å². The molecule has 1 aromatic heterocycles. The number of nitrogens with one attached hydrogen (secondary N) is 3. The zero-order valence-electron chi connectivity index (χ0n) is 30.5. The molecule has 0 aliphatic carbocycles. The molecule has 2 aliphatic heterocycles. The molecule has 16 heteroatoms. The summed E-state index contributed by atoms with van der Waals surface area (Å²) in [6.45, 7) is 16.9. The number of benzene rings is 2.